The molecular formula is C17H23N3O2S. The number of unbranched alkanes of at least 4 members (excludes halogenated alkanes) is 2. The van der Waals surface area contributed by atoms with Gasteiger partial charge in [-0.15, -0.1) is 0 Å². The van der Waals surface area contributed by atoms with Crippen LogP contribution in [0, 0.1) is 0 Å². The summed E-state index contributed by atoms with van der Waals surface area (Å²) in [5.74, 6) is 0. The fourth-order valence-electron chi connectivity index (χ4n) is 2.15. The minimum atomic E-state index is -3.54. The van der Waals surface area contributed by atoms with Crippen molar-refractivity contribution in [1.82, 2.24) is 0 Å². The minimum absolute atomic E-state index is 0.252. The molecule has 0 unspecified atom stereocenters. The van der Waals surface area contributed by atoms with Gasteiger partial charge in [0.25, 0.3) is 10.0 Å². The van der Waals surface area contributed by atoms with Crippen molar-refractivity contribution >= 4 is 21.4 Å². The van der Waals surface area contributed by atoms with E-state index in [1.165, 1.54) is 0 Å². The van der Waals surface area contributed by atoms with E-state index in [4.69, 9.17) is 5.73 Å². The largest absolute Gasteiger partial charge is 0.385 e. The fraction of sp³-hybridized carbons (Fsp3) is 0.294. The van der Waals surface area contributed by atoms with E-state index in [9.17, 15) is 8.42 Å². The summed E-state index contributed by atoms with van der Waals surface area (Å²) in [5, 5.41) is 3.31. The Hall–Kier alpha value is -2.05. The molecule has 0 aliphatic heterocycles. The van der Waals surface area contributed by atoms with Gasteiger partial charge in [0, 0.05) is 17.9 Å². The van der Waals surface area contributed by atoms with Crippen LogP contribution in [0.1, 0.15) is 19.3 Å². The van der Waals surface area contributed by atoms with Crippen LogP contribution in [0.3, 0.4) is 0 Å². The maximum atomic E-state index is 12.2. The van der Waals surface area contributed by atoms with Gasteiger partial charge in [-0.1, -0.05) is 24.6 Å². The van der Waals surface area contributed by atoms with Gasteiger partial charge in [0.2, 0.25) is 0 Å². The second kappa shape index (κ2) is 8.55. The minimum Gasteiger partial charge on any atom is -0.385 e. The molecule has 6 heteroatoms. The topological polar surface area (TPSA) is 84.2 Å². The van der Waals surface area contributed by atoms with Gasteiger partial charge in [-0.2, -0.15) is 0 Å². The van der Waals surface area contributed by atoms with Crippen LogP contribution in [0.5, 0.6) is 0 Å². The van der Waals surface area contributed by atoms with Crippen molar-refractivity contribution in [3.05, 3.63) is 54.6 Å². The summed E-state index contributed by atoms with van der Waals surface area (Å²) in [7, 11) is -3.54. The summed E-state index contributed by atoms with van der Waals surface area (Å²) in [5.41, 5.74) is 6.97. The van der Waals surface area contributed by atoms with Crippen molar-refractivity contribution in [3.8, 4) is 0 Å². The van der Waals surface area contributed by atoms with Gasteiger partial charge in [-0.3, -0.25) is 4.72 Å². The zero-order chi connectivity index (χ0) is 16.5. The van der Waals surface area contributed by atoms with Crippen LogP contribution in [0.2, 0.25) is 0 Å². The molecule has 124 valence electrons. The van der Waals surface area contributed by atoms with Crippen LogP contribution in [-0.2, 0) is 10.0 Å². The molecule has 0 fully saturated rings. The first-order valence-corrected chi connectivity index (χ1v) is 9.22. The average molecular weight is 333 g/mol. The molecule has 0 radical (unpaired) electrons. The summed E-state index contributed by atoms with van der Waals surface area (Å²) < 4.78 is 27.0. The standard InChI is InChI=1S/C17H23N3O2S/c18-13-5-2-6-14-19-15-9-11-16(12-10-15)20-23(21,22)17-7-3-1-4-8-17/h1,3-4,7-12,19-20H,2,5-6,13-14,18H2. The number of hydrogen-bond acceptors (Lipinski definition) is 4. The highest BCUT2D eigenvalue weighted by molar-refractivity contribution is 7.92. The highest BCUT2D eigenvalue weighted by Crippen LogP contribution is 2.18. The van der Waals surface area contributed by atoms with Crippen LogP contribution >= 0.6 is 0 Å². The monoisotopic (exact) mass is 333 g/mol. The first-order valence-electron chi connectivity index (χ1n) is 7.74. The van der Waals surface area contributed by atoms with Crippen molar-refractivity contribution in [3.63, 3.8) is 0 Å². The van der Waals surface area contributed by atoms with Crippen LogP contribution in [0.25, 0.3) is 0 Å². The molecular weight excluding hydrogens is 310 g/mol. The third kappa shape index (κ3) is 5.58. The zero-order valence-electron chi connectivity index (χ0n) is 13.0. The Bertz CT molecular complexity index is 686. The quantitative estimate of drug-likeness (QED) is 0.616. The molecule has 4 N–H and O–H groups in total. The lowest BCUT2D eigenvalue weighted by atomic mass is 10.2. The highest BCUT2D eigenvalue weighted by Gasteiger charge is 2.12. The van der Waals surface area contributed by atoms with Crippen LogP contribution in [0.15, 0.2) is 59.5 Å². The Morgan fingerprint density at radius 1 is 0.826 bits per heavy atom. The Kier molecular flexibility index (Phi) is 6.43. The van der Waals surface area contributed by atoms with Gasteiger partial charge in [0.05, 0.1) is 4.90 Å². The molecule has 0 heterocycles. The SMILES string of the molecule is NCCCCCNc1ccc(NS(=O)(=O)c2ccccc2)cc1. The fourth-order valence-corrected chi connectivity index (χ4v) is 3.23. The van der Waals surface area contributed by atoms with Crippen LogP contribution in [-0.4, -0.2) is 21.5 Å². The van der Waals surface area contributed by atoms with E-state index < -0.39 is 10.0 Å². The molecule has 0 aliphatic carbocycles. The molecule has 0 amide bonds. The van der Waals surface area contributed by atoms with E-state index in [1.54, 1.807) is 42.5 Å². The Balaban J connectivity index is 1.90. The number of nitrogens with two attached hydrogens (primary N) is 1. The molecule has 0 spiro atoms. The lowest BCUT2D eigenvalue weighted by Gasteiger charge is -2.10. The summed E-state index contributed by atoms with van der Waals surface area (Å²) >= 11 is 0. The van der Waals surface area contributed by atoms with E-state index in [0.29, 0.717) is 5.69 Å². The van der Waals surface area contributed by atoms with Crippen molar-refractivity contribution in [2.75, 3.05) is 23.1 Å². The predicted octanol–water partition coefficient (Wildman–Crippen LogP) is 3.03. The molecule has 0 aliphatic rings. The smallest absolute Gasteiger partial charge is 0.261 e. The Labute approximate surface area is 138 Å². The maximum absolute atomic E-state index is 12.2. The number of hydrogen-bond donors (Lipinski definition) is 3. The molecule has 2 rings (SSSR count). The van der Waals surface area contributed by atoms with Gasteiger partial charge in [0.1, 0.15) is 0 Å². The van der Waals surface area contributed by atoms with Gasteiger partial charge in [0.15, 0.2) is 0 Å². The molecule has 0 bridgehead atoms. The van der Waals surface area contributed by atoms with Crippen molar-refractivity contribution in [1.29, 1.82) is 0 Å². The van der Waals surface area contributed by atoms with E-state index in [-0.39, 0.29) is 4.90 Å². The van der Waals surface area contributed by atoms with Crippen molar-refractivity contribution in [2.24, 2.45) is 5.73 Å². The predicted molar refractivity (Wildman–Crippen MR) is 95.1 cm³/mol. The second-order valence-corrected chi connectivity index (χ2v) is 6.95. The van der Waals surface area contributed by atoms with Crippen molar-refractivity contribution < 1.29 is 8.42 Å². The number of sulfonamides is 1. The van der Waals surface area contributed by atoms with E-state index >= 15 is 0 Å². The molecule has 2 aromatic carbocycles. The van der Waals surface area contributed by atoms with E-state index in [0.717, 1.165) is 38.0 Å². The maximum Gasteiger partial charge on any atom is 0.261 e. The molecule has 23 heavy (non-hydrogen) atoms. The van der Waals surface area contributed by atoms with Gasteiger partial charge >= 0.3 is 0 Å². The van der Waals surface area contributed by atoms with E-state index in [2.05, 4.69) is 10.0 Å². The van der Waals surface area contributed by atoms with E-state index in [1.807, 2.05) is 12.1 Å². The van der Waals surface area contributed by atoms with Crippen LogP contribution < -0.4 is 15.8 Å². The van der Waals surface area contributed by atoms with Gasteiger partial charge in [-0.25, -0.2) is 8.42 Å². The zero-order valence-corrected chi connectivity index (χ0v) is 13.9. The number of anilines is 2. The first-order chi connectivity index (χ1) is 11.1. The average Bonchev–Trinajstić information content (AvgIpc) is 2.57. The molecule has 0 saturated heterocycles. The molecule has 0 saturated carbocycles. The summed E-state index contributed by atoms with van der Waals surface area (Å²) in [6.07, 6.45) is 3.22. The van der Waals surface area contributed by atoms with Crippen LogP contribution in [0.4, 0.5) is 11.4 Å². The van der Waals surface area contributed by atoms with Gasteiger partial charge in [-0.05, 0) is 55.8 Å². The second-order valence-electron chi connectivity index (χ2n) is 5.27. The third-order valence-corrected chi connectivity index (χ3v) is 4.80. The molecule has 2 aromatic rings. The number of rotatable bonds is 9. The molecule has 0 aromatic heterocycles. The third-order valence-electron chi connectivity index (χ3n) is 3.40. The summed E-state index contributed by atoms with van der Waals surface area (Å²) in [6.45, 7) is 1.62. The Morgan fingerprint density at radius 2 is 1.48 bits per heavy atom. The lowest BCUT2D eigenvalue weighted by Crippen LogP contribution is -2.12. The Morgan fingerprint density at radius 3 is 2.13 bits per heavy atom. The normalized spacial score (nSPS) is 11.2. The number of benzene rings is 2. The molecule has 5 nitrogen and oxygen atoms in total. The highest BCUT2D eigenvalue weighted by atomic mass is 32.2. The summed E-state index contributed by atoms with van der Waals surface area (Å²) in [4.78, 5) is 0.252. The number of nitrogens with one attached hydrogen (secondary N) is 2. The van der Waals surface area contributed by atoms with Crippen molar-refractivity contribution in [2.45, 2.75) is 24.2 Å². The molecule has 0 atom stereocenters. The first kappa shape index (κ1) is 17.3. The van der Waals surface area contributed by atoms with Gasteiger partial charge < -0.3 is 11.1 Å². The lowest BCUT2D eigenvalue weighted by molar-refractivity contribution is 0.601. The summed E-state index contributed by atoms with van der Waals surface area (Å²) in [6, 6.07) is 15.6.